The molecule has 1 fully saturated rings. The zero-order valence-electron chi connectivity index (χ0n) is 12.4. The third kappa shape index (κ3) is 4.67. The smallest absolute Gasteiger partial charge is 0.240 e. The van der Waals surface area contributed by atoms with Gasteiger partial charge in [0, 0.05) is 17.6 Å². The van der Waals surface area contributed by atoms with Crippen molar-refractivity contribution in [3.63, 3.8) is 0 Å². The fourth-order valence-corrected chi connectivity index (χ4v) is 3.34. The van der Waals surface area contributed by atoms with Crippen LogP contribution in [-0.4, -0.2) is 27.4 Å². The maximum absolute atomic E-state index is 12.2. The Bertz CT molecular complexity index is 622. The molecule has 22 heavy (non-hydrogen) atoms. The van der Waals surface area contributed by atoms with Crippen molar-refractivity contribution >= 4 is 34.0 Å². The van der Waals surface area contributed by atoms with Gasteiger partial charge in [-0.25, -0.2) is 13.1 Å². The normalized spacial score (nSPS) is 21.7. The van der Waals surface area contributed by atoms with E-state index >= 15 is 0 Å². The first-order chi connectivity index (χ1) is 9.92. The maximum atomic E-state index is 12.2. The lowest BCUT2D eigenvalue weighted by molar-refractivity contribution is -0.120. The summed E-state index contributed by atoms with van der Waals surface area (Å²) in [5.41, 5.74) is 6.37. The Labute approximate surface area is 137 Å². The van der Waals surface area contributed by atoms with Crippen LogP contribution in [0.4, 0.5) is 5.69 Å². The summed E-state index contributed by atoms with van der Waals surface area (Å²) in [5, 5.41) is 2.78. The van der Waals surface area contributed by atoms with Crippen LogP contribution in [0.1, 0.15) is 25.7 Å². The second kappa shape index (κ2) is 7.92. The van der Waals surface area contributed by atoms with E-state index in [1.165, 1.54) is 19.2 Å². The average Bonchev–Trinajstić information content (AvgIpc) is 2.47. The lowest BCUT2D eigenvalue weighted by atomic mass is 9.85. The largest absolute Gasteiger partial charge is 0.328 e. The van der Waals surface area contributed by atoms with Crippen molar-refractivity contribution in [3.05, 3.63) is 24.3 Å². The first-order valence-electron chi connectivity index (χ1n) is 7.02. The molecule has 1 saturated carbocycles. The van der Waals surface area contributed by atoms with Gasteiger partial charge in [0.15, 0.2) is 0 Å². The highest BCUT2D eigenvalue weighted by molar-refractivity contribution is 7.89. The molecule has 2 unspecified atom stereocenters. The molecule has 1 aromatic carbocycles. The average molecular weight is 348 g/mol. The Morgan fingerprint density at radius 2 is 2.05 bits per heavy atom. The number of hydrogen-bond donors (Lipinski definition) is 3. The molecule has 6 nitrogen and oxygen atoms in total. The molecule has 1 aromatic rings. The Morgan fingerprint density at radius 3 is 2.68 bits per heavy atom. The molecular formula is C14H22ClN3O3S. The van der Waals surface area contributed by atoms with E-state index in [1.54, 1.807) is 12.1 Å². The lowest BCUT2D eigenvalue weighted by Crippen LogP contribution is -2.34. The molecule has 0 aliphatic heterocycles. The van der Waals surface area contributed by atoms with Gasteiger partial charge in [-0.2, -0.15) is 0 Å². The SMILES string of the molecule is CNS(=O)(=O)c1cccc(NC(=O)C2CCCC(N)C2)c1.Cl. The summed E-state index contributed by atoms with van der Waals surface area (Å²) in [4.78, 5) is 12.3. The van der Waals surface area contributed by atoms with E-state index < -0.39 is 10.0 Å². The highest BCUT2D eigenvalue weighted by Gasteiger charge is 2.25. The Kier molecular flexibility index (Phi) is 6.80. The summed E-state index contributed by atoms with van der Waals surface area (Å²) in [6, 6.07) is 6.29. The van der Waals surface area contributed by atoms with Gasteiger partial charge in [-0.15, -0.1) is 12.4 Å². The maximum Gasteiger partial charge on any atom is 0.240 e. The predicted octanol–water partition coefficient (Wildman–Crippen LogP) is 1.47. The van der Waals surface area contributed by atoms with Gasteiger partial charge in [0.05, 0.1) is 4.90 Å². The van der Waals surface area contributed by atoms with Gasteiger partial charge in [-0.3, -0.25) is 4.79 Å². The van der Waals surface area contributed by atoms with Crippen LogP contribution in [0.15, 0.2) is 29.2 Å². The fraction of sp³-hybridized carbons (Fsp3) is 0.500. The minimum absolute atomic E-state index is 0. The summed E-state index contributed by atoms with van der Waals surface area (Å²) in [7, 11) is -2.16. The first-order valence-corrected chi connectivity index (χ1v) is 8.51. The number of rotatable bonds is 4. The minimum atomic E-state index is -3.51. The number of anilines is 1. The van der Waals surface area contributed by atoms with Gasteiger partial charge in [0.25, 0.3) is 0 Å². The zero-order valence-corrected chi connectivity index (χ0v) is 14.0. The molecule has 4 N–H and O–H groups in total. The number of benzene rings is 1. The molecule has 0 saturated heterocycles. The van der Waals surface area contributed by atoms with E-state index in [9.17, 15) is 13.2 Å². The van der Waals surface area contributed by atoms with Crippen LogP contribution in [0, 0.1) is 5.92 Å². The molecule has 0 aromatic heterocycles. The van der Waals surface area contributed by atoms with E-state index in [4.69, 9.17) is 5.73 Å². The Morgan fingerprint density at radius 1 is 1.32 bits per heavy atom. The van der Waals surface area contributed by atoms with Crippen molar-refractivity contribution in [3.8, 4) is 0 Å². The van der Waals surface area contributed by atoms with Crippen molar-refractivity contribution in [2.75, 3.05) is 12.4 Å². The molecule has 0 radical (unpaired) electrons. The lowest BCUT2D eigenvalue weighted by Gasteiger charge is -2.25. The Balaban J connectivity index is 0.00000242. The highest BCUT2D eigenvalue weighted by Crippen LogP contribution is 2.25. The van der Waals surface area contributed by atoms with E-state index in [1.807, 2.05) is 0 Å². The number of carbonyl (C=O) groups excluding carboxylic acids is 1. The van der Waals surface area contributed by atoms with Crippen LogP contribution >= 0.6 is 12.4 Å². The number of hydrogen-bond acceptors (Lipinski definition) is 4. The number of halogens is 1. The predicted molar refractivity (Wildman–Crippen MR) is 88.5 cm³/mol. The summed E-state index contributed by atoms with van der Waals surface area (Å²) in [6.45, 7) is 0. The second-order valence-electron chi connectivity index (χ2n) is 5.35. The van der Waals surface area contributed by atoms with Crippen molar-refractivity contribution in [2.24, 2.45) is 11.7 Å². The van der Waals surface area contributed by atoms with Crippen molar-refractivity contribution in [1.29, 1.82) is 0 Å². The fourth-order valence-electron chi connectivity index (χ4n) is 2.57. The molecular weight excluding hydrogens is 326 g/mol. The minimum Gasteiger partial charge on any atom is -0.328 e. The number of amides is 1. The number of sulfonamides is 1. The third-order valence-electron chi connectivity index (χ3n) is 3.77. The van der Waals surface area contributed by atoms with E-state index in [0.29, 0.717) is 12.1 Å². The van der Waals surface area contributed by atoms with Crippen molar-refractivity contribution < 1.29 is 13.2 Å². The van der Waals surface area contributed by atoms with Crippen LogP contribution in [0.2, 0.25) is 0 Å². The molecule has 2 rings (SSSR count). The van der Waals surface area contributed by atoms with Crippen molar-refractivity contribution in [2.45, 2.75) is 36.6 Å². The van der Waals surface area contributed by atoms with Gasteiger partial charge < -0.3 is 11.1 Å². The summed E-state index contributed by atoms with van der Waals surface area (Å²) in [5.74, 6) is -0.192. The molecule has 1 aliphatic carbocycles. The Hall–Kier alpha value is -1.15. The van der Waals surface area contributed by atoms with Crippen LogP contribution < -0.4 is 15.8 Å². The number of nitrogens with one attached hydrogen (secondary N) is 2. The topological polar surface area (TPSA) is 101 Å². The monoisotopic (exact) mass is 347 g/mol. The van der Waals surface area contributed by atoms with Gasteiger partial charge in [0.1, 0.15) is 0 Å². The van der Waals surface area contributed by atoms with E-state index in [0.717, 1.165) is 19.3 Å². The highest BCUT2D eigenvalue weighted by atomic mass is 35.5. The third-order valence-corrected chi connectivity index (χ3v) is 5.18. The standard InChI is InChI=1S/C14H21N3O3S.ClH/c1-16-21(19,20)13-7-3-6-12(9-13)17-14(18)10-4-2-5-11(15)8-10;/h3,6-7,9-11,16H,2,4-5,8,15H2,1H3,(H,17,18);1H. The molecule has 1 amide bonds. The number of carbonyl (C=O) groups is 1. The van der Waals surface area contributed by atoms with Crippen LogP contribution in [0.5, 0.6) is 0 Å². The second-order valence-corrected chi connectivity index (χ2v) is 7.23. The van der Waals surface area contributed by atoms with Crippen LogP contribution in [0.25, 0.3) is 0 Å². The van der Waals surface area contributed by atoms with Crippen LogP contribution in [-0.2, 0) is 14.8 Å². The summed E-state index contributed by atoms with van der Waals surface area (Å²) < 4.78 is 25.7. The molecule has 2 atom stereocenters. The molecule has 124 valence electrons. The van der Waals surface area contributed by atoms with Crippen LogP contribution in [0.3, 0.4) is 0 Å². The van der Waals surface area contributed by atoms with Gasteiger partial charge in [0.2, 0.25) is 15.9 Å². The van der Waals surface area contributed by atoms with Gasteiger partial charge in [-0.1, -0.05) is 12.5 Å². The summed E-state index contributed by atoms with van der Waals surface area (Å²) in [6.07, 6.45) is 3.42. The molecule has 0 bridgehead atoms. The van der Waals surface area contributed by atoms with E-state index in [2.05, 4.69) is 10.0 Å². The number of nitrogens with two attached hydrogens (primary N) is 1. The summed E-state index contributed by atoms with van der Waals surface area (Å²) >= 11 is 0. The van der Waals surface area contributed by atoms with Gasteiger partial charge >= 0.3 is 0 Å². The van der Waals surface area contributed by atoms with Crippen molar-refractivity contribution in [1.82, 2.24) is 4.72 Å². The molecule has 8 heteroatoms. The van der Waals surface area contributed by atoms with E-state index in [-0.39, 0.29) is 35.2 Å². The molecule has 0 heterocycles. The first kappa shape index (κ1) is 18.9. The molecule has 1 aliphatic rings. The van der Waals surface area contributed by atoms with Gasteiger partial charge in [-0.05, 0) is 44.5 Å². The quantitative estimate of drug-likeness (QED) is 0.767. The molecule has 0 spiro atoms. The zero-order chi connectivity index (χ0) is 15.5.